The van der Waals surface area contributed by atoms with Crippen LogP contribution in [-0.4, -0.2) is 44.1 Å². The number of fused-ring (bicyclic) bond motifs is 2. The van der Waals surface area contributed by atoms with Crippen LogP contribution in [0.15, 0.2) is 42.6 Å². The molecule has 4 aromatic rings. The van der Waals surface area contributed by atoms with E-state index in [9.17, 15) is 41.1 Å². The van der Waals surface area contributed by atoms with Crippen molar-refractivity contribution in [3.05, 3.63) is 99.0 Å². The Bertz CT molecular complexity index is 1970. The number of hydrogen-bond acceptors (Lipinski definition) is 6. The maximum absolute atomic E-state index is 14.6. The van der Waals surface area contributed by atoms with Crippen molar-refractivity contribution in [1.82, 2.24) is 30.5 Å². The van der Waals surface area contributed by atoms with Gasteiger partial charge in [-0.05, 0) is 79.5 Å². The number of carbonyl (C=O) groups excluding carboxylic acids is 4. The molecular formula is C34H33F5N6O4. The van der Waals surface area contributed by atoms with Crippen molar-refractivity contribution in [2.24, 2.45) is 5.92 Å². The van der Waals surface area contributed by atoms with E-state index in [-0.39, 0.29) is 28.9 Å². The third-order valence-electron chi connectivity index (χ3n) is 8.43. The maximum atomic E-state index is 14.6. The largest absolute Gasteiger partial charge is 0.419 e. The third-order valence-corrected chi connectivity index (χ3v) is 8.43. The van der Waals surface area contributed by atoms with Gasteiger partial charge in [0, 0.05) is 18.2 Å². The summed E-state index contributed by atoms with van der Waals surface area (Å²) in [7, 11) is 0. The SMILES string of the molecule is CC(=O)[C@H](CC(C)C)NC(=O)c1ccc2c(c1C)CC[C@@H]2NC(=O)c1cc(C(=O)NCc2ccc(F)c(C(F)(F)F)c2)nc2c(F)cnn12. The van der Waals surface area contributed by atoms with E-state index in [1.807, 2.05) is 13.8 Å². The molecule has 0 unspecified atom stereocenters. The molecule has 0 bridgehead atoms. The lowest BCUT2D eigenvalue weighted by molar-refractivity contribution is -0.140. The fourth-order valence-electron chi connectivity index (χ4n) is 5.93. The third kappa shape index (κ3) is 7.44. The van der Waals surface area contributed by atoms with Crippen molar-refractivity contribution in [2.45, 2.75) is 71.8 Å². The van der Waals surface area contributed by atoms with Crippen LogP contribution in [0.25, 0.3) is 5.65 Å². The van der Waals surface area contributed by atoms with E-state index in [0.29, 0.717) is 42.5 Å². The minimum atomic E-state index is -4.94. The molecule has 0 saturated carbocycles. The molecule has 0 spiro atoms. The minimum absolute atomic E-state index is 0.0540. The Morgan fingerprint density at radius 3 is 2.41 bits per heavy atom. The molecule has 2 atom stereocenters. The number of Topliss-reactive ketones (excluding diaryl/α,β-unsaturated/α-hetero) is 1. The number of rotatable bonds is 10. The van der Waals surface area contributed by atoms with Crippen molar-refractivity contribution in [3.8, 4) is 0 Å². The zero-order valence-electron chi connectivity index (χ0n) is 27.0. The van der Waals surface area contributed by atoms with Gasteiger partial charge in [-0.2, -0.15) is 18.3 Å². The van der Waals surface area contributed by atoms with Gasteiger partial charge in [-0.1, -0.05) is 26.0 Å². The summed E-state index contributed by atoms with van der Waals surface area (Å²) in [6.45, 7) is 6.71. The van der Waals surface area contributed by atoms with Crippen molar-refractivity contribution >= 4 is 29.2 Å². The lowest BCUT2D eigenvalue weighted by atomic mass is 9.96. The number of amides is 3. The molecule has 0 radical (unpaired) electrons. The highest BCUT2D eigenvalue weighted by Crippen LogP contribution is 2.35. The lowest BCUT2D eigenvalue weighted by Crippen LogP contribution is -2.41. The molecule has 1 aliphatic carbocycles. The van der Waals surface area contributed by atoms with E-state index in [2.05, 4.69) is 26.0 Å². The molecule has 0 fully saturated rings. The van der Waals surface area contributed by atoms with Gasteiger partial charge >= 0.3 is 6.18 Å². The second-order valence-electron chi connectivity index (χ2n) is 12.4. The number of hydrogen-bond donors (Lipinski definition) is 3. The van der Waals surface area contributed by atoms with Gasteiger partial charge < -0.3 is 16.0 Å². The summed E-state index contributed by atoms with van der Waals surface area (Å²) in [4.78, 5) is 55.8. The standard InChI is InChI=1S/C34H33F5N6O4/c1-16(2)11-27(18(4)46)44-31(47)21-6-7-22-20(17(21)3)8-10-26(22)43-33(49)29-13-28(42-30-25(36)15-41-45(29)30)32(48)40-14-19-5-9-24(35)23(12-19)34(37,38)39/h5-7,9,12-13,15-16,26-27H,8,10-11,14H2,1-4H3,(H,40,48)(H,43,49)(H,44,47)/t26-,27-/m0/s1. The Hall–Kier alpha value is -5.21. The summed E-state index contributed by atoms with van der Waals surface area (Å²) in [5.74, 6) is -4.35. The first-order valence-corrected chi connectivity index (χ1v) is 15.5. The van der Waals surface area contributed by atoms with Crippen LogP contribution in [0.4, 0.5) is 22.0 Å². The summed E-state index contributed by atoms with van der Waals surface area (Å²) in [6.07, 6.45) is -2.62. The van der Waals surface area contributed by atoms with Crippen molar-refractivity contribution < 1.29 is 41.1 Å². The van der Waals surface area contributed by atoms with Crippen LogP contribution in [0, 0.1) is 24.5 Å². The highest BCUT2D eigenvalue weighted by atomic mass is 19.4. The average molecular weight is 685 g/mol. The van der Waals surface area contributed by atoms with Gasteiger partial charge in [0.1, 0.15) is 17.2 Å². The van der Waals surface area contributed by atoms with Gasteiger partial charge in [-0.3, -0.25) is 19.2 Å². The summed E-state index contributed by atoms with van der Waals surface area (Å²) in [5, 5.41) is 11.9. The van der Waals surface area contributed by atoms with Crippen molar-refractivity contribution in [3.63, 3.8) is 0 Å². The van der Waals surface area contributed by atoms with Gasteiger partial charge in [0.25, 0.3) is 17.7 Å². The molecule has 3 N–H and O–H groups in total. The molecule has 3 amide bonds. The summed E-state index contributed by atoms with van der Waals surface area (Å²) in [5.41, 5.74) is 0.124. The van der Waals surface area contributed by atoms with E-state index in [1.165, 1.54) is 6.92 Å². The van der Waals surface area contributed by atoms with Gasteiger partial charge in [0.15, 0.2) is 17.2 Å². The van der Waals surface area contributed by atoms with Crippen molar-refractivity contribution in [1.29, 1.82) is 0 Å². The van der Waals surface area contributed by atoms with Gasteiger partial charge in [0.2, 0.25) is 0 Å². The molecule has 5 rings (SSSR count). The molecule has 0 saturated heterocycles. The fourth-order valence-corrected chi connectivity index (χ4v) is 5.93. The van der Waals surface area contributed by atoms with Crippen LogP contribution in [0.5, 0.6) is 0 Å². The monoisotopic (exact) mass is 684 g/mol. The molecule has 10 nitrogen and oxygen atoms in total. The quantitative estimate of drug-likeness (QED) is 0.191. The maximum Gasteiger partial charge on any atom is 0.419 e. The first-order valence-electron chi connectivity index (χ1n) is 15.5. The molecule has 1 aliphatic rings. The lowest BCUT2D eigenvalue weighted by Gasteiger charge is -2.20. The van der Waals surface area contributed by atoms with Crippen LogP contribution < -0.4 is 16.0 Å². The van der Waals surface area contributed by atoms with Gasteiger partial charge in [-0.15, -0.1) is 0 Å². The molecule has 15 heteroatoms. The first-order chi connectivity index (χ1) is 23.0. The first kappa shape index (κ1) is 35.1. The number of nitrogens with zero attached hydrogens (tertiary/aromatic N) is 3. The van der Waals surface area contributed by atoms with Gasteiger partial charge in [-0.25, -0.2) is 18.3 Å². The molecule has 258 valence electrons. The number of halogens is 5. The Labute approximate surface area is 277 Å². The molecule has 2 aromatic heterocycles. The average Bonchev–Trinajstić information content (AvgIpc) is 3.62. The predicted octanol–water partition coefficient (Wildman–Crippen LogP) is 5.42. The second kappa shape index (κ2) is 13.7. The van der Waals surface area contributed by atoms with E-state index < -0.39 is 65.2 Å². The number of aromatic nitrogens is 3. The summed E-state index contributed by atoms with van der Waals surface area (Å²) < 4.78 is 68.6. The number of nitrogens with one attached hydrogen (secondary N) is 3. The Kier molecular flexibility index (Phi) is 9.83. The van der Waals surface area contributed by atoms with Crippen LogP contribution in [0.2, 0.25) is 0 Å². The smallest absolute Gasteiger partial charge is 0.347 e. The molecule has 2 aromatic carbocycles. The molecular weight excluding hydrogens is 651 g/mol. The number of alkyl halides is 3. The molecule has 49 heavy (non-hydrogen) atoms. The van der Waals surface area contributed by atoms with Gasteiger partial charge in [0.05, 0.1) is 23.8 Å². The van der Waals surface area contributed by atoms with E-state index in [0.717, 1.165) is 34.0 Å². The van der Waals surface area contributed by atoms with Crippen LogP contribution in [-0.2, 0) is 23.9 Å². The number of ketones is 1. The molecule has 2 heterocycles. The highest BCUT2D eigenvalue weighted by Gasteiger charge is 2.34. The number of benzene rings is 2. The van der Waals surface area contributed by atoms with Crippen LogP contribution in [0.1, 0.15) is 98.8 Å². The van der Waals surface area contributed by atoms with Crippen molar-refractivity contribution in [2.75, 3.05) is 0 Å². The topological polar surface area (TPSA) is 135 Å². The zero-order valence-corrected chi connectivity index (χ0v) is 27.0. The number of carbonyl (C=O) groups is 4. The minimum Gasteiger partial charge on any atom is -0.347 e. The second-order valence-corrected chi connectivity index (χ2v) is 12.4. The van der Waals surface area contributed by atoms with E-state index in [4.69, 9.17) is 0 Å². The fraction of sp³-hybridized carbons (Fsp3) is 0.353. The van der Waals surface area contributed by atoms with Crippen LogP contribution in [0.3, 0.4) is 0 Å². The zero-order chi connectivity index (χ0) is 35.8. The Morgan fingerprint density at radius 2 is 1.73 bits per heavy atom. The summed E-state index contributed by atoms with van der Waals surface area (Å²) >= 11 is 0. The van der Waals surface area contributed by atoms with E-state index >= 15 is 0 Å². The van der Waals surface area contributed by atoms with E-state index in [1.54, 1.807) is 19.1 Å². The van der Waals surface area contributed by atoms with Crippen LogP contribution >= 0.6 is 0 Å². The molecule has 0 aliphatic heterocycles. The Morgan fingerprint density at radius 1 is 1.00 bits per heavy atom. The normalized spacial score (nSPS) is 14.9. The summed E-state index contributed by atoms with van der Waals surface area (Å²) in [6, 6.07) is 5.59. The Balaban J connectivity index is 1.35. The predicted molar refractivity (Wildman–Crippen MR) is 167 cm³/mol. The highest BCUT2D eigenvalue weighted by molar-refractivity contribution is 6.00.